The van der Waals surface area contributed by atoms with Gasteiger partial charge in [0.2, 0.25) is 10.0 Å². The van der Waals surface area contributed by atoms with Crippen LogP contribution in [0.2, 0.25) is 0 Å². The average molecular weight is 300 g/mol. The molecule has 0 aliphatic carbocycles. The van der Waals surface area contributed by atoms with Gasteiger partial charge in [0.1, 0.15) is 22.2 Å². The number of nitrogens with one attached hydrogen (secondary N) is 1. The highest BCUT2D eigenvalue weighted by Crippen LogP contribution is 2.24. The summed E-state index contributed by atoms with van der Waals surface area (Å²) in [6, 6.07) is 3.27. The zero-order valence-corrected chi connectivity index (χ0v) is 11.7. The van der Waals surface area contributed by atoms with Crippen molar-refractivity contribution in [2.45, 2.75) is 18.4 Å². The number of hydrogen-bond acceptors (Lipinski definition) is 5. The molecule has 1 heterocycles. The fourth-order valence-electron chi connectivity index (χ4n) is 1.59. The monoisotopic (exact) mass is 300 g/mol. The quantitative estimate of drug-likeness (QED) is 0.907. The first kappa shape index (κ1) is 14.5. The van der Waals surface area contributed by atoms with Crippen molar-refractivity contribution in [2.75, 3.05) is 7.11 Å². The summed E-state index contributed by atoms with van der Waals surface area (Å²) in [5.74, 6) is -0.209. The molecule has 2 aromatic rings. The molecule has 0 amide bonds. The van der Waals surface area contributed by atoms with Gasteiger partial charge >= 0.3 is 0 Å². The molecule has 0 aliphatic rings. The summed E-state index contributed by atoms with van der Waals surface area (Å²) in [5, 5.41) is 0. The summed E-state index contributed by atoms with van der Waals surface area (Å²) in [6.07, 6.45) is 1.22. The molecule has 6 nitrogen and oxygen atoms in total. The van der Waals surface area contributed by atoms with E-state index in [1.165, 1.54) is 19.6 Å². The second-order valence-corrected chi connectivity index (χ2v) is 5.72. The molecule has 1 N–H and O–H groups in total. The van der Waals surface area contributed by atoms with Crippen molar-refractivity contribution in [3.05, 3.63) is 41.9 Å². The van der Waals surface area contributed by atoms with Crippen LogP contribution in [0.5, 0.6) is 5.75 Å². The summed E-state index contributed by atoms with van der Waals surface area (Å²) in [5.41, 5.74) is 0.582. The molecule has 20 heavy (non-hydrogen) atoms. The maximum atomic E-state index is 13.2. The van der Waals surface area contributed by atoms with E-state index in [2.05, 4.69) is 9.71 Å². The highest BCUT2D eigenvalue weighted by molar-refractivity contribution is 7.89. The first-order chi connectivity index (χ1) is 9.44. The van der Waals surface area contributed by atoms with E-state index < -0.39 is 15.8 Å². The zero-order chi connectivity index (χ0) is 14.8. The second kappa shape index (κ2) is 5.59. The molecule has 0 aliphatic heterocycles. The van der Waals surface area contributed by atoms with E-state index in [-0.39, 0.29) is 17.2 Å². The van der Waals surface area contributed by atoms with Gasteiger partial charge in [-0.3, -0.25) is 0 Å². The van der Waals surface area contributed by atoms with Crippen LogP contribution in [0.3, 0.4) is 0 Å². The number of halogens is 1. The molecule has 0 spiro atoms. The van der Waals surface area contributed by atoms with E-state index >= 15 is 0 Å². The molecule has 0 unspecified atom stereocenters. The maximum Gasteiger partial charge on any atom is 0.244 e. The molecule has 0 bridgehead atoms. The molecule has 0 radical (unpaired) electrons. The molecular weight excluding hydrogens is 287 g/mol. The molecule has 8 heteroatoms. The molecule has 0 saturated heterocycles. The second-order valence-electron chi connectivity index (χ2n) is 3.98. The molecule has 2 rings (SSSR count). The van der Waals surface area contributed by atoms with E-state index in [0.29, 0.717) is 11.5 Å². The maximum absolute atomic E-state index is 13.2. The molecular formula is C12H13FN2O4S. The van der Waals surface area contributed by atoms with Crippen LogP contribution in [0.1, 0.15) is 11.5 Å². The van der Waals surface area contributed by atoms with E-state index in [9.17, 15) is 12.8 Å². The van der Waals surface area contributed by atoms with Crippen LogP contribution >= 0.6 is 0 Å². The predicted molar refractivity (Wildman–Crippen MR) is 68.2 cm³/mol. The molecule has 108 valence electrons. The van der Waals surface area contributed by atoms with Gasteiger partial charge in [0.05, 0.1) is 19.3 Å². The van der Waals surface area contributed by atoms with Crippen LogP contribution in [0, 0.1) is 12.7 Å². The Morgan fingerprint density at radius 2 is 2.20 bits per heavy atom. The summed E-state index contributed by atoms with van der Waals surface area (Å²) in [7, 11) is -2.61. The molecule has 1 aromatic carbocycles. The summed E-state index contributed by atoms with van der Waals surface area (Å²) in [4.78, 5) is 3.59. The Hall–Kier alpha value is -1.93. The van der Waals surface area contributed by atoms with Crippen molar-refractivity contribution < 1.29 is 22.0 Å². The number of ether oxygens (including phenoxy) is 1. The topological polar surface area (TPSA) is 81.4 Å². The first-order valence-corrected chi connectivity index (χ1v) is 7.14. The number of aryl methyl sites for hydroxylation is 1. The van der Waals surface area contributed by atoms with E-state index in [1.54, 1.807) is 6.92 Å². The van der Waals surface area contributed by atoms with E-state index in [0.717, 1.165) is 12.1 Å². The van der Waals surface area contributed by atoms with Gasteiger partial charge in [-0.05, 0) is 25.1 Å². The van der Waals surface area contributed by atoms with Crippen molar-refractivity contribution in [2.24, 2.45) is 0 Å². The summed E-state index contributed by atoms with van der Waals surface area (Å²) in [6.45, 7) is 1.61. The third kappa shape index (κ3) is 2.97. The van der Waals surface area contributed by atoms with Crippen molar-refractivity contribution in [3.8, 4) is 5.75 Å². The van der Waals surface area contributed by atoms with Gasteiger partial charge in [0.25, 0.3) is 0 Å². The lowest BCUT2D eigenvalue weighted by molar-refractivity contribution is 0.400. The van der Waals surface area contributed by atoms with Crippen molar-refractivity contribution in [1.82, 2.24) is 9.71 Å². The highest BCUT2D eigenvalue weighted by Gasteiger charge is 2.21. The van der Waals surface area contributed by atoms with Crippen LogP contribution in [-0.4, -0.2) is 20.5 Å². The van der Waals surface area contributed by atoms with Crippen LogP contribution in [0.25, 0.3) is 0 Å². The van der Waals surface area contributed by atoms with Gasteiger partial charge < -0.3 is 9.15 Å². The Morgan fingerprint density at radius 1 is 1.45 bits per heavy atom. The summed E-state index contributed by atoms with van der Waals surface area (Å²) < 4.78 is 49.8. The van der Waals surface area contributed by atoms with Crippen LogP contribution in [-0.2, 0) is 16.6 Å². The van der Waals surface area contributed by atoms with Gasteiger partial charge in [0.15, 0.2) is 6.39 Å². The van der Waals surface area contributed by atoms with Crippen molar-refractivity contribution in [3.63, 3.8) is 0 Å². The Balaban J connectivity index is 2.26. The number of hydrogen-bond donors (Lipinski definition) is 1. The van der Waals surface area contributed by atoms with E-state index in [1.807, 2.05) is 0 Å². The lowest BCUT2D eigenvalue weighted by Crippen LogP contribution is -2.24. The minimum absolute atomic E-state index is 0.0631. The Labute approximate surface area is 115 Å². The molecule has 1 aromatic heterocycles. The Kier molecular flexibility index (Phi) is 4.05. The molecule has 0 atom stereocenters. The largest absolute Gasteiger partial charge is 0.495 e. The molecule has 0 saturated carbocycles. The van der Waals surface area contributed by atoms with Crippen molar-refractivity contribution in [1.29, 1.82) is 0 Å². The van der Waals surface area contributed by atoms with Crippen LogP contribution < -0.4 is 9.46 Å². The fourth-order valence-corrected chi connectivity index (χ4v) is 2.76. The number of aromatic nitrogens is 1. The standard InChI is InChI=1S/C12H13FN2O4S/c1-8-11(19-7-14-8)6-15-20(16,17)12-5-9(13)3-4-10(12)18-2/h3-5,7,15H,6H2,1-2H3. The number of methoxy groups -OCH3 is 1. The fraction of sp³-hybridized carbons (Fsp3) is 0.250. The van der Waals surface area contributed by atoms with Crippen LogP contribution in [0.15, 0.2) is 33.9 Å². The van der Waals surface area contributed by atoms with Gasteiger partial charge in [-0.1, -0.05) is 0 Å². The zero-order valence-electron chi connectivity index (χ0n) is 10.9. The minimum atomic E-state index is -3.92. The Bertz CT molecular complexity index is 712. The predicted octanol–water partition coefficient (Wildman–Crippen LogP) is 1.61. The third-order valence-electron chi connectivity index (χ3n) is 2.68. The van der Waals surface area contributed by atoms with Gasteiger partial charge in [-0.15, -0.1) is 0 Å². The van der Waals surface area contributed by atoms with E-state index in [4.69, 9.17) is 9.15 Å². The first-order valence-electron chi connectivity index (χ1n) is 5.66. The van der Waals surface area contributed by atoms with Gasteiger partial charge in [0, 0.05) is 0 Å². The number of rotatable bonds is 5. The Morgan fingerprint density at radius 3 is 2.80 bits per heavy atom. The number of sulfonamides is 1. The lowest BCUT2D eigenvalue weighted by atomic mass is 10.3. The average Bonchev–Trinajstić information content (AvgIpc) is 2.82. The highest BCUT2D eigenvalue weighted by atomic mass is 32.2. The smallest absolute Gasteiger partial charge is 0.244 e. The van der Waals surface area contributed by atoms with Gasteiger partial charge in [-0.2, -0.15) is 0 Å². The van der Waals surface area contributed by atoms with Crippen LogP contribution in [0.4, 0.5) is 4.39 Å². The lowest BCUT2D eigenvalue weighted by Gasteiger charge is -2.10. The summed E-state index contributed by atoms with van der Waals surface area (Å²) >= 11 is 0. The minimum Gasteiger partial charge on any atom is -0.495 e. The van der Waals surface area contributed by atoms with Gasteiger partial charge in [-0.25, -0.2) is 22.5 Å². The number of nitrogens with zero attached hydrogens (tertiary/aromatic N) is 1. The molecule has 0 fully saturated rings. The normalized spacial score (nSPS) is 11.6. The number of oxazole rings is 1. The SMILES string of the molecule is COc1ccc(F)cc1S(=O)(=O)NCc1ocnc1C. The third-order valence-corrected chi connectivity index (χ3v) is 4.11. The number of benzene rings is 1. The van der Waals surface area contributed by atoms with Crippen molar-refractivity contribution >= 4 is 10.0 Å².